The summed E-state index contributed by atoms with van der Waals surface area (Å²) in [6.07, 6.45) is 3.64. The normalized spacial score (nSPS) is 15.2. The van der Waals surface area contributed by atoms with Crippen LogP contribution in [-0.4, -0.2) is 43.5 Å². The van der Waals surface area contributed by atoms with Gasteiger partial charge in [-0.3, -0.25) is 4.79 Å². The third-order valence-corrected chi connectivity index (χ3v) is 8.36. The van der Waals surface area contributed by atoms with Crippen molar-refractivity contribution in [2.45, 2.75) is 38.1 Å². The van der Waals surface area contributed by atoms with Gasteiger partial charge in [-0.05, 0) is 51.0 Å². The maximum absolute atomic E-state index is 14.0. The minimum Gasteiger partial charge on any atom is -0.494 e. The van der Waals surface area contributed by atoms with E-state index in [9.17, 15) is 17.6 Å². The number of nitrogens with one attached hydrogen (secondary N) is 1. The molecule has 0 saturated carbocycles. The van der Waals surface area contributed by atoms with Crippen LogP contribution in [0.1, 0.15) is 42.3 Å². The summed E-state index contributed by atoms with van der Waals surface area (Å²) in [7, 11) is -3.93. The van der Waals surface area contributed by atoms with Crippen molar-refractivity contribution in [2.75, 3.05) is 19.7 Å². The van der Waals surface area contributed by atoms with E-state index in [1.54, 1.807) is 25.1 Å². The van der Waals surface area contributed by atoms with E-state index in [0.717, 1.165) is 11.3 Å². The summed E-state index contributed by atoms with van der Waals surface area (Å²) < 4.78 is 53.1. The fourth-order valence-corrected chi connectivity index (χ4v) is 6.05. The number of aryl methyl sites for hydroxylation is 1. The lowest BCUT2D eigenvalue weighted by molar-refractivity contribution is -0.126. The van der Waals surface area contributed by atoms with Crippen molar-refractivity contribution in [3.63, 3.8) is 0 Å². The number of para-hydroxylation sites is 1. The van der Waals surface area contributed by atoms with Crippen LogP contribution in [-0.2, 0) is 21.4 Å². The molecule has 3 aromatic rings. The highest BCUT2D eigenvalue weighted by atomic mass is 32.2. The summed E-state index contributed by atoms with van der Waals surface area (Å²) in [5.41, 5.74) is 1.41. The Kier molecular flexibility index (Phi) is 8.40. The Morgan fingerprint density at radius 2 is 1.86 bits per heavy atom. The number of ether oxygens (including phenoxy) is 1. The van der Waals surface area contributed by atoms with Crippen LogP contribution in [0.3, 0.4) is 0 Å². The summed E-state index contributed by atoms with van der Waals surface area (Å²) in [6.45, 7) is 4.71. The number of benzene rings is 2. The highest BCUT2D eigenvalue weighted by Gasteiger charge is 2.35. The van der Waals surface area contributed by atoms with Gasteiger partial charge in [0.25, 0.3) is 0 Å². The quantitative estimate of drug-likeness (QED) is 0.442. The highest BCUT2D eigenvalue weighted by molar-refractivity contribution is 7.89. The SMILES string of the molecule is CCOc1ccccc1CNC(=O)C1CCN(S(=O)(=O)c2c(C)noc2/C=C/c2ccccc2F)CC1. The van der Waals surface area contributed by atoms with Crippen LogP contribution in [0.25, 0.3) is 12.2 Å². The molecule has 1 aliphatic rings. The van der Waals surface area contributed by atoms with E-state index in [0.29, 0.717) is 31.6 Å². The molecule has 2 heterocycles. The van der Waals surface area contributed by atoms with E-state index >= 15 is 0 Å². The second-order valence-electron chi connectivity index (χ2n) is 8.75. The fourth-order valence-electron chi connectivity index (χ4n) is 4.33. The molecule has 1 aromatic heterocycles. The molecule has 1 saturated heterocycles. The number of amides is 1. The van der Waals surface area contributed by atoms with Crippen LogP contribution >= 0.6 is 0 Å². The lowest BCUT2D eigenvalue weighted by Gasteiger charge is -2.30. The number of nitrogens with zero attached hydrogens (tertiary/aromatic N) is 2. The minimum atomic E-state index is -3.93. The van der Waals surface area contributed by atoms with Crippen molar-refractivity contribution in [1.82, 2.24) is 14.8 Å². The number of hydrogen-bond donors (Lipinski definition) is 1. The zero-order valence-corrected chi connectivity index (χ0v) is 21.6. The molecule has 37 heavy (non-hydrogen) atoms. The molecule has 0 radical (unpaired) electrons. The standard InChI is InChI=1S/C27H30FN3O5S/c1-3-35-24-11-7-5-9-22(24)18-29-27(32)21-14-16-31(17-15-21)37(33,34)26-19(2)30-36-25(26)13-12-20-8-4-6-10-23(20)28/h4-13,21H,3,14-18H2,1-2H3,(H,29,32)/b13-12+. The van der Waals surface area contributed by atoms with E-state index in [4.69, 9.17) is 9.26 Å². The molecular weight excluding hydrogens is 497 g/mol. The van der Waals surface area contributed by atoms with Crippen LogP contribution in [0.5, 0.6) is 5.75 Å². The fraction of sp³-hybridized carbons (Fsp3) is 0.333. The monoisotopic (exact) mass is 527 g/mol. The molecule has 8 nitrogen and oxygen atoms in total. The highest BCUT2D eigenvalue weighted by Crippen LogP contribution is 2.29. The van der Waals surface area contributed by atoms with Crippen molar-refractivity contribution >= 4 is 28.1 Å². The second kappa shape index (κ2) is 11.7. The van der Waals surface area contributed by atoms with Gasteiger partial charge in [0.15, 0.2) is 10.7 Å². The third kappa shape index (κ3) is 6.08. The number of rotatable bonds is 9. The number of halogens is 1. The average Bonchev–Trinajstić information content (AvgIpc) is 3.28. The van der Waals surface area contributed by atoms with Gasteiger partial charge in [0.2, 0.25) is 15.9 Å². The molecule has 1 N–H and O–H groups in total. The van der Waals surface area contributed by atoms with Crippen LogP contribution in [0, 0.1) is 18.7 Å². The van der Waals surface area contributed by atoms with Crippen LogP contribution in [0.4, 0.5) is 4.39 Å². The van der Waals surface area contributed by atoms with Crippen molar-refractivity contribution in [3.05, 3.63) is 76.9 Å². The summed E-state index contributed by atoms with van der Waals surface area (Å²) in [5.74, 6) is -0.0717. The first-order chi connectivity index (χ1) is 17.8. The molecule has 1 amide bonds. The number of carbonyl (C=O) groups excluding carboxylic acids is 1. The Morgan fingerprint density at radius 3 is 2.59 bits per heavy atom. The maximum atomic E-state index is 14.0. The van der Waals surface area contributed by atoms with Gasteiger partial charge in [-0.1, -0.05) is 41.6 Å². The van der Waals surface area contributed by atoms with E-state index in [-0.39, 0.29) is 41.3 Å². The van der Waals surface area contributed by atoms with Crippen molar-refractivity contribution in [2.24, 2.45) is 5.92 Å². The number of carbonyl (C=O) groups is 1. The molecule has 196 valence electrons. The number of sulfonamides is 1. The van der Waals surface area contributed by atoms with Crippen LogP contribution in [0.15, 0.2) is 57.9 Å². The van der Waals surface area contributed by atoms with Gasteiger partial charge in [-0.2, -0.15) is 4.31 Å². The van der Waals surface area contributed by atoms with E-state index in [1.165, 1.54) is 22.5 Å². The largest absolute Gasteiger partial charge is 0.494 e. The molecule has 4 rings (SSSR count). The Balaban J connectivity index is 1.40. The zero-order chi connectivity index (χ0) is 26.4. The topological polar surface area (TPSA) is 102 Å². The maximum Gasteiger partial charge on any atom is 0.248 e. The van der Waals surface area contributed by atoms with Crippen LogP contribution in [0.2, 0.25) is 0 Å². The van der Waals surface area contributed by atoms with Gasteiger partial charge in [0.05, 0.1) is 6.61 Å². The molecule has 1 fully saturated rings. The molecule has 0 atom stereocenters. The van der Waals surface area contributed by atoms with E-state index in [1.807, 2.05) is 31.2 Å². The molecular formula is C27H30FN3O5S. The molecule has 0 aliphatic carbocycles. The number of aromatic nitrogens is 1. The van der Waals surface area contributed by atoms with Gasteiger partial charge in [-0.15, -0.1) is 0 Å². The Labute approximate surface area is 216 Å². The summed E-state index contributed by atoms with van der Waals surface area (Å²) in [6, 6.07) is 13.7. The van der Waals surface area contributed by atoms with Crippen molar-refractivity contribution in [3.8, 4) is 5.75 Å². The summed E-state index contributed by atoms with van der Waals surface area (Å²) in [4.78, 5) is 12.8. The average molecular weight is 528 g/mol. The van der Waals surface area contributed by atoms with Crippen molar-refractivity contribution in [1.29, 1.82) is 0 Å². The van der Waals surface area contributed by atoms with Gasteiger partial charge in [-0.25, -0.2) is 12.8 Å². The molecule has 2 aromatic carbocycles. The first-order valence-corrected chi connectivity index (χ1v) is 13.6. The minimum absolute atomic E-state index is 0.0357. The molecule has 0 bridgehead atoms. The van der Waals surface area contributed by atoms with E-state index in [2.05, 4.69) is 10.5 Å². The lowest BCUT2D eigenvalue weighted by Crippen LogP contribution is -2.43. The van der Waals surface area contributed by atoms with E-state index < -0.39 is 15.8 Å². The molecule has 0 unspecified atom stereocenters. The smallest absolute Gasteiger partial charge is 0.248 e. The first-order valence-electron chi connectivity index (χ1n) is 12.2. The summed E-state index contributed by atoms with van der Waals surface area (Å²) >= 11 is 0. The first kappa shape index (κ1) is 26.6. The molecule has 1 aliphatic heterocycles. The zero-order valence-electron chi connectivity index (χ0n) is 20.8. The van der Waals surface area contributed by atoms with Gasteiger partial charge < -0.3 is 14.6 Å². The molecule has 0 spiro atoms. The third-order valence-electron chi connectivity index (χ3n) is 6.30. The van der Waals surface area contributed by atoms with Crippen LogP contribution < -0.4 is 10.1 Å². The number of piperidine rings is 1. The number of hydrogen-bond acceptors (Lipinski definition) is 6. The second-order valence-corrected chi connectivity index (χ2v) is 10.6. The summed E-state index contributed by atoms with van der Waals surface area (Å²) in [5, 5.41) is 6.78. The van der Waals surface area contributed by atoms with Gasteiger partial charge in [0.1, 0.15) is 17.3 Å². The Bertz CT molecular complexity index is 1380. The predicted octanol–water partition coefficient (Wildman–Crippen LogP) is 4.41. The lowest BCUT2D eigenvalue weighted by atomic mass is 9.97. The van der Waals surface area contributed by atoms with Crippen molar-refractivity contribution < 1.29 is 26.9 Å². The van der Waals surface area contributed by atoms with Gasteiger partial charge >= 0.3 is 0 Å². The Hall–Kier alpha value is -3.50. The Morgan fingerprint density at radius 1 is 1.16 bits per heavy atom. The predicted molar refractivity (Wildman–Crippen MR) is 138 cm³/mol. The van der Waals surface area contributed by atoms with Gasteiger partial charge in [0, 0.05) is 36.7 Å². The molecule has 10 heteroatoms.